The van der Waals surface area contributed by atoms with E-state index in [4.69, 9.17) is 22.3 Å². The Bertz CT molecular complexity index is 994. The van der Waals surface area contributed by atoms with E-state index < -0.39 is 0 Å². The zero-order valence-corrected chi connectivity index (χ0v) is 17.3. The summed E-state index contributed by atoms with van der Waals surface area (Å²) in [4.78, 5) is 7.86. The van der Waals surface area contributed by atoms with E-state index in [1.165, 1.54) is 5.56 Å². The third kappa shape index (κ3) is 3.55. The quantitative estimate of drug-likeness (QED) is 0.641. The second-order valence-corrected chi connectivity index (χ2v) is 8.27. The fourth-order valence-electron chi connectivity index (χ4n) is 4.51. The van der Waals surface area contributed by atoms with Gasteiger partial charge in [-0.2, -0.15) is 0 Å². The lowest BCUT2D eigenvalue weighted by Gasteiger charge is -2.32. The Hall–Kier alpha value is -2.57. The first-order valence-corrected chi connectivity index (χ1v) is 10.7. The highest BCUT2D eigenvalue weighted by Gasteiger charge is 2.40. The maximum absolute atomic E-state index is 6.13. The van der Waals surface area contributed by atoms with Gasteiger partial charge in [-0.1, -0.05) is 60.1 Å². The van der Waals surface area contributed by atoms with Gasteiger partial charge in [-0.25, -0.2) is 5.90 Å². The molecule has 0 amide bonds. The van der Waals surface area contributed by atoms with Crippen molar-refractivity contribution in [2.24, 2.45) is 5.90 Å². The van der Waals surface area contributed by atoms with E-state index in [1.807, 2.05) is 30.3 Å². The predicted molar refractivity (Wildman–Crippen MR) is 121 cm³/mol. The first-order valence-electron chi connectivity index (χ1n) is 10.3. The maximum atomic E-state index is 6.13. The van der Waals surface area contributed by atoms with Crippen molar-refractivity contribution in [2.45, 2.75) is 31.2 Å². The van der Waals surface area contributed by atoms with Crippen LogP contribution in [0.3, 0.4) is 0 Å². The summed E-state index contributed by atoms with van der Waals surface area (Å²) in [5.41, 5.74) is 5.46. The molecule has 0 spiro atoms. The van der Waals surface area contributed by atoms with Crippen molar-refractivity contribution in [2.75, 3.05) is 6.54 Å². The average Bonchev–Trinajstić information content (AvgIpc) is 3.44. The Morgan fingerprint density at radius 3 is 2.57 bits per heavy atom. The molecular weight excluding hydrogens is 396 g/mol. The highest BCUT2D eigenvalue weighted by atomic mass is 35.5. The van der Waals surface area contributed by atoms with Crippen LogP contribution in [0.2, 0.25) is 5.02 Å². The molecule has 3 aliphatic rings. The monoisotopic (exact) mass is 420 g/mol. The fourth-order valence-corrected chi connectivity index (χ4v) is 4.63. The summed E-state index contributed by atoms with van der Waals surface area (Å²) in [5, 5.41) is 7.92. The van der Waals surface area contributed by atoms with Crippen molar-refractivity contribution >= 4 is 22.9 Å². The summed E-state index contributed by atoms with van der Waals surface area (Å²) in [6, 6.07) is 18.5. The Morgan fingerprint density at radius 2 is 1.87 bits per heavy atom. The highest BCUT2D eigenvalue weighted by molar-refractivity contribution is 6.30. The van der Waals surface area contributed by atoms with Gasteiger partial charge in [0.25, 0.3) is 0 Å². The lowest BCUT2D eigenvalue weighted by Crippen LogP contribution is -2.44. The number of halogens is 1. The van der Waals surface area contributed by atoms with Crippen LogP contribution in [0.1, 0.15) is 24.0 Å². The number of nitrogens with two attached hydrogens (primary N) is 1. The van der Waals surface area contributed by atoms with E-state index in [9.17, 15) is 0 Å². The first kappa shape index (κ1) is 19.4. The molecule has 3 heterocycles. The van der Waals surface area contributed by atoms with Gasteiger partial charge < -0.3 is 15.5 Å². The average molecular weight is 421 g/mol. The Balaban J connectivity index is 1.60. The Labute approximate surface area is 181 Å². The van der Waals surface area contributed by atoms with E-state index in [2.05, 4.69) is 58.2 Å². The molecule has 0 bridgehead atoms. The number of benzene rings is 2. The third-order valence-corrected chi connectivity index (χ3v) is 6.23. The fraction of sp³-hybridized carbons (Fsp3) is 0.250. The molecule has 3 unspecified atom stereocenters. The van der Waals surface area contributed by atoms with E-state index in [1.54, 1.807) is 0 Å². The van der Waals surface area contributed by atoms with Crippen LogP contribution < -0.4 is 16.5 Å². The SMILES string of the molecule is NOC(C1=C(c2ccc(Cl)cc2)NC2C=CC(c3ccccc3)=CN12)C1CCCN1. The number of fused-ring (bicyclic) bond motifs is 1. The van der Waals surface area contributed by atoms with Crippen molar-refractivity contribution < 1.29 is 4.84 Å². The topological polar surface area (TPSA) is 62.6 Å². The largest absolute Gasteiger partial charge is 0.360 e. The van der Waals surface area contributed by atoms with Crippen LogP contribution in [0, 0.1) is 0 Å². The minimum Gasteiger partial charge on any atom is -0.360 e. The molecule has 2 aromatic rings. The molecular formula is C24H25ClN4O. The van der Waals surface area contributed by atoms with Gasteiger partial charge in [0, 0.05) is 17.3 Å². The van der Waals surface area contributed by atoms with Gasteiger partial charge in [-0.3, -0.25) is 4.84 Å². The lowest BCUT2D eigenvalue weighted by molar-refractivity contribution is 0.0409. The predicted octanol–water partition coefficient (Wildman–Crippen LogP) is 3.86. The molecule has 1 fully saturated rings. The van der Waals surface area contributed by atoms with Crippen molar-refractivity contribution in [3.63, 3.8) is 0 Å². The van der Waals surface area contributed by atoms with Gasteiger partial charge >= 0.3 is 0 Å². The second-order valence-electron chi connectivity index (χ2n) is 7.83. The molecule has 0 radical (unpaired) electrons. The number of hydrogen-bond donors (Lipinski definition) is 3. The molecule has 30 heavy (non-hydrogen) atoms. The standard InChI is InChI=1S/C24H25ClN4O/c25-19-11-8-17(9-12-19)22-23(24(30-26)20-7-4-14-27-20)29-15-18(10-13-21(29)28-22)16-5-2-1-3-6-16/h1-3,5-6,8-13,15,20-21,24,27-28H,4,7,14,26H2. The van der Waals surface area contributed by atoms with E-state index in [-0.39, 0.29) is 18.3 Å². The molecule has 0 aromatic heterocycles. The van der Waals surface area contributed by atoms with Crippen LogP contribution in [-0.2, 0) is 4.84 Å². The van der Waals surface area contributed by atoms with Gasteiger partial charge in [-0.15, -0.1) is 0 Å². The van der Waals surface area contributed by atoms with Crippen LogP contribution in [0.4, 0.5) is 0 Å². The molecule has 5 nitrogen and oxygen atoms in total. The third-order valence-electron chi connectivity index (χ3n) is 5.98. The van der Waals surface area contributed by atoms with Gasteiger partial charge in [0.05, 0.1) is 11.4 Å². The molecule has 5 rings (SSSR count). The minimum absolute atomic E-state index is 0.0113. The summed E-state index contributed by atoms with van der Waals surface area (Å²) >= 11 is 6.13. The van der Waals surface area contributed by atoms with Crippen molar-refractivity contribution in [1.29, 1.82) is 0 Å². The van der Waals surface area contributed by atoms with Gasteiger partial charge in [-0.05, 0) is 54.3 Å². The molecule has 2 aromatic carbocycles. The molecule has 3 aliphatic heterocycles. The second kappa shape index (κ2) is 8.28. The first-order chi connectivity index (χ1) is 14.7. The summed E-state index contributed by atoms with van der Waals surface area (Å²) in [6.45, 7) is 0.982. The zero-order valence-electron chi connectivity index (χ0n) is 16.6. The normalized spacial score (nSPS) is 23.9. The van der Waals surface area contributed by atoms with Crippen LogP contribution in [0.25, 0.3) is 11.3 Å². The van der Waals surface area contributed by atoms with Crippen LogP contribution in [-0.4, -0.2) is 29.8 Å². The molecule has 6 heteroatoms. The van der Waals surface area contributed by atoms with Gasteiger partial charge in [0.1, 0.15) is 12.3 Å². The van der Waals surface area contributed by atoms with E-state index in [0.29, 0.717) is 5.02 Å². The lowest BCUT2D eigenvalue weighted by atomic mass is 10.00. The minimum atomic E-state index is -0.268. The van der Waals surface area contributed by atoms with Gasteiger partial charge in [0.15, 0.2) is 0 Å². The summed E-state index contributed by atoms with van der Waals surface area (Å²) in [7, 11) is 0. The highest BCUT2D eigenvalue weighted by Crippen LogP contribution is 2.37. The number of nitrogens with one attached hydrogen (secondary N) is 2. The van der Waals surface area contributed by atoms with Gasteiger partial charge in [0.2, 0.25) is 0 Å². The van der Waals surface area contributed by atoms with Crippen LogP contribution >= 0.6 is 11.6 Å². The van der Waals surface area contributed by atoms with E-state index in [0.717, 1.165) is 41.9 Å². The Kier molecular flexibility index (Phi) is 5.35. The zero-order chi connectivity index (χ0) is 20.5. The van der Waals surface area contributed by atoms with Crippen molar-refractivity contribution in [3.05, 3.63) is 94.8 Å². The van der Waals surface area contributed by atoms with E-state index >= 15 is 0 Å². The summed E-state index contributed by atoms with van der Waals surface area (Å²) < 4.78 is 0. The summed E-state index contributed by atoms with van der Waals surface area (Å²) in [5.74, 6) is 5.88. The molecule has 1 saturated heterocycles. The smallest absolute Gasteiger partial charge is 0.136 e. The molecule has 0 saturated carbocycles. The maximum Gasteiger partial charge on any atom is 0.136 e. The molecule has 3 atom stereocenters. The number of rotatable bonds is 5. The van der Waals surface area contributed by atoms with Crippen molar-refractivity contribution in [3.8, 4) is 0 Å². The molecule has 0 aliphatic carbocycles. The number of allylic oxidation sites excluding steroid dienone is 2. The van der Waals surface area contributed by atoms with Crippen LogP contribution in [0.5, 0.6) is 0 Å². The van der Waals surface area contributed by atoms with Crippen LogP contribution in [0.15, 0.2) is 78.6 Å². The molecule has 154 valence electrons. The van der Waals surface area contributed by atoms with Crippen molar-refractivity contribution in [1.82, 2.24) is 15.5 Å². The number of hydrogen-bond acceptors (Lipinski definition) is 5. The number of nitrogens with zero attached hydrogens (tertiary/aromatic N) is 1. The molecule has 4 N–H and O–H groups in total. The summed E-state index contributed by atoms with van der Waals surface area (Å²) in [6.07, 6.45) is 8.43. The Morgan fingerprint density at radius 1 is 1.07 bits per heavy atom.